The van der Waals surface area contributed by atoms with Gasteiger partial charge in [0.2, 0.25) is 18.2 Å². The molecule has 1 atom stereocenters. The van der Waals surface area contributed by atoms with Gasteiger partial charge < -0.3 is 0 Å². The molecule has 0 amide bonds. The summed E-state index contributed by atoms with van der Waals surface area (Å²) in [6.07, 6.45) is 4.43. The predicted molar refractivity (Wildman–Crippen MR) is 83.7 cm³/mol. The van der Waals surface area contributed by atoms with Gasteiger partial charge >= 0.3 is 0 Å². The van der Waals surface area contributed by atoms with Crippen molar-refractivity contribution in [3.8, 4) is 0 Å². The Kier molecular flexibility index (Phi) is 5.24. The minimum atomic E-state index is -0.0781. The molecule has 0 spiro atoms. The third-order valence-electron chi connectivity index (χ3n) is 3.39. The van der Waals surface area contributed by atoms with E-state index in [9.17, 15) is 14.4 Å². The van der Waals surface area contributed by atoms with Crippen LogP contribution in [0.1, 0.15) is 24.0 Å². The number of nitrogens with zero attached hydrogens (tertiary/aromatic N) is 3. The summed E-state index contributed by atoms with van der Waals surface area (Å²) in [6.45, 7) is 1.94. The highest BCUT2D eigenvalue weighted by atomic mass is 16.1. The van der Waals surface area contributed by atoms with Crippen LogP contribution in [-0.4, -0.2) is 18.2 Å². The monoisotopic (exact) mass is 305 g/mol. The second-order valence-electron chi connectivity index (χ2n) is 4.67. The molecule has 6 nitrogen and oxygen atoms in total. The Morgan fingerprint density at radius 1 is 0.783 bits per heavy atom. The molecule has 0 fully saturated rings. The summed E-state index contributed by atoms with van der Waals surface area (Å²) >= 11 is 0. The van der Waals surface area contributed by atoms with Gasteiger partial charge in [-0.05, 0) is 35.4 Å². The van der Waals surface area contributed by atoms with E-state index in [2.05, 4.69) is 15.0 Å². The first-order valence-electron chi connectivity index (χ1n) is 6.67. The smallest absolute Gasteiger partial charge is 0.211 e. The molecule has 2 aromatic rings. The Morgan fingerprint density at radius 3 is 1.96 bits per heavy atom. The van der Waals surface area contributed by atoms with E-state index in [1.807, 2.05) is 19.1 Å². The van der Waals surface area contributed by atoms with E-state index in [1.165, 1.54) is 24.3 Å². The van der Waals surface area contributed by atoms with Crippen LogP contribution in [0.5, 0.6) is 0 Å². The molecule has 112 valence electrons. The Labute approximate surface area is 131 Å². The van der Waals surface area contributed by atoms with E-state index in [4.69, 9.17) is 0 Å². The Hall–Kier alpha value is -3.42. The molecule has 0 saturated heterocycles. The maximum Gasteiger partial charge on any atom is 0.240 e. The van der Waals surface area contributed by atoms with Crippen LogP contribution in [0.15, 0.2) is 57.4 Å². The first-order chi connectivity index (χ1) is 11.2. The van der Waals surface area contributed by atoms with E-state index in [-0.39, 0.29) is 5.92 Å². The van der Waals surface area contributed by atoms with Crippen LogP contribution in [0.25, 0.3) is 0 Å². The molecule has 0 bridgehead atoms. The molecule has 6 heteroatoms. The normalized spacial score (nSPS) is 10.7. The molecule has 23 heavy (non-hydrogen) atoms. The quantitative estimate of drug-likeness (QED) is 0.622. The van der Waals surface area contributed by atoms with Gasteiger partial charge in [-0.2, -0.15) is 15.0 Å². The number of hydrogen-bond donors (Lipinski definition) is 0. The summed E-state index contributed by atoms with van der Waals surface area (Å²) in [5.74, 6) is -0.0781. The van der Waals surface area contributed by atoms with E-state index < -0.39 is 0 Å². The van der Waals surface area contributed by atoms with Gasteiger partial charge in [0.05, 0.1) is 17.1 Å². The van der Waals surface area contributed by atoms with Crippen LogP contribution in [0.4, 0.5) is 17.1 Å². The zero-order valence-corrected chi connectivity index (χ0v) is 12.2. The van der Waals surface area contributed by atoms with Gasteiger partial charge in [0.1, 0.15) is 0 Å². The van der Waals surface area contributed by atoms with Crippen molar-refractivity contribution in [2.45, 2.75) is 12.8 Å². The number of benzene rings is 2. The van der Waals surface area contributed by atoms with Crippen molar-refractivity contribution in [3.05, 3.63) is 53.6 Å². The lowest BCUT2D eigenvalue weighted by atomic mass is 9.91. The fourth-order valence-corrected chi connectivity index (χ4v) is 2.24. The van der Waals surface area contributed by atoms with Gasteiger partial charge in [0.15, 0.2) is 0 Å². The topological polar surface area (TPSA) is 88.3 Å². The lowest BCUT2D eigenvalue weighted by Crippen LogP contribution is -1.96. The molecule has 0 aliphatic rings. The molecule has 0 aliphatic heterocycles. The Bertz CT molecular complexity index is 855. The maximum atomic E-state index is 10.6. The number of rotatable bonds is 5. The second-order valence-corrected chi connectivity index (χ2v) is 4.67. The van der Waals surface area contributed by atoms with Crippen LogP contribution >= 0.6 is 0 Å². The summed E-state index contributed by atoms with van der Waals surface area (Å²) in [6, 6.07) is 12.0. The zero-order valence-electron chi connectivity index (χ0n) is 12.2. The van der Waals surface area contributed by atoms with E-state index in [1.54, 1.807) is 24.3 Å². The van der Waals surface area contributed by atoms with Crippen molar-refractivity contribution in [2.75, 3.05) is 0 Å². The molecule has 1 unspecified atom stereocenters. The van der Waals surface area contributed by atoms with Gasteiger partial charge in [0, 0.05) is 5.92 Å². The van der Waals surface area contributed by atoms with Crippen molar-refractivity contribution in [1.29, 1.82) is 0 Å². The highest BCUT2D eigenvalue weighted by Gasteiger charge is 2.13. The largest absolute Gasteiger partial charge is 0.240 e. The van der Waals surface area contributed by atoms with Crippen LogP contribution in [-0.2, 0) is 14.4 Å². The van der Waals surface area contributed by atoms with Crippen LogP contribution in [0.2, 0.25) is 0 Å². The summed E-state index contributed by atoms with van der Waals surface area (Å²) in [5, 5.41) is 0. The molecule has 0 aliphatic carbocycles. The average Bonchev–Trinajstić information content (AvgIpc) is 2.56. The van der Waals surface area contributed by atoms with E-state index >= 15 is 0 Å². The van der Waals surface area contributed by atoms with Crippen LogP contribution < -0.4 is 0 Å². The van der Waals surface area contributed by atoms with Crippen molar-refractivity contribution in [3.63, 3.8) is 0 Å². The van der Waals surface area contributed by atoms with Gasteiger partial charge in [-0.3, -0.25) is 0 Å². The Balaban J connectivity index is 2.44. The average molecular weight is 305 g/mol. The molecular formula is C17H11N3O3. The predicted octanol–water partition coefficient (Wildman–Crippen LogP) is 3.74. The summed E-state index contributed by atoms with van der Waals surface area (Å²) in [5.41, 5.74) is 2.99. The minimum Gasteiger partial charge on any atom is -0.211 e. The second kappa shape index (κ2) is 7.55. The highest BCUT2D eigenvalue weighted by Crippen LogP contribution is 2.34. The molecule has 0 radical (unpaired) electrons. The molecule has 0 heterocycles. The zero-order chi connectivity index (χ0) is 16.7. The number of hydrogen-bond acceptors (Lipinski definition) is 6. The van der Waals surface area contributed by atoms with Crippen molar-refractivity contribution in [2.24, 2.45) is 15.0 Å². The summed E-state index contributed by atoms with van der Waals surface area (Å²) in [4.78, 5) is 41.9. The number of aliphatic imine (C=N–C) groups is 3. The van der Waals surface area contributed by atoms with Gasteiger partial charge in [0.25, 0.3) is 0 Å². The molecule has 0 aromatic heterocycles. The summed E-state index contributed by atoms with van der Waals surface area (Å²) in [7, 11) is 0. The third kappa shape index (κ3) is 3.82. The lowest BCUT2D eigenvalue weighted by molar-refractivity contribution is 0.564. The minimum absolute atomic E-state index is 0.0781. The van der Waals surface area contributed by atoms with Crippen molar-refractivity contribution >= 4 is 35.3 Å². The lowest BCUT2D eigenvalue weighted by Gasteiger charge is -2.14. The number of isocyanates is 3. The van der Waals surface area contributed by atoms with Crippen LogP contribution in [0.3, 0.4) is 0 Å². The molecule has 2 rings (SSSR count). The molecule has 2 aromatic carbocycles. The fourth-order valence-electron chi connectivity index (χ4n) is 2.24. The fraction of sp³-hybridized carbons (Fsp3) is 0.118. The van der Waals surface area contributed by atoms with Gasteiger partial charge in [-0.1, -0.05) is 25.1 Å². The molecule has 0 N–H and O–H groups in total. The Morgan fingerprint density at radius 2 is 1.35 bits per heavy atom. The first-order valence-corrected chi connectivity index (χ1v) is 6.67. The standard InChI is InChI=1S/C17H11N3O3/c1-12(13-2-4-14(5-3-13)18-9-21)16-7-6-15(19-10-22)8-17(16)20-11-23/h2-8,12H,1H3. The van der Waals surface area contributed by atoms with Crippen molar-refractivity contribution in [1.82, 2.24) is 0 Å². The highest BCUT2D eigenvalue weighted by molar-refractivity contribution is 5.64. The third-order valence-corrected chi connectivity index (χ3v) is 3.39. The maximum absolute atomic E-state index is 10.6. The summed E-state index contributed by atoms with van der Waals surface area (Å²) < 4.78 is 0. The van der Waals surface area contributed by atoms with E-state index in [0.717, 1.165) is 11.1 Å². The first kappa shape index (κ1) is 16.0. The van der Waals surface area contributed by atoms with Crippen molar-refractivity contribution < 1.29 is 14.4 Å². The van der Waals surface area contributed by atoms with Gasteiger partial charge in [-0.15, -0.1) is 0 Å². The molecular weight excluding hydrogens is 294 g/mol. The van der Waals surface area contributed by atoms with Gasteiger partial charge in [-0.25, -0.2) is 14.4 Å². The van der Waals surface area contributed by atoms with Crippen LogP contribution in [0, 0.1) is 0 Å². The SMILES string of the molecule is CC(c1ccc(N=C=O)cc1)c1ccc(N=C=O)cc1N=C=O. The molecule has 0 saturated carbocycles. The number of carbonyl (C=O) groups excluding carboxylic acids is 3. The van der Waals surface area contributed by atoms with E-state index in [0.29, 0.717) is 17.1 Å².